The van der Waals surface area contributed by atoms with Gasteiger partial charge in [-0.15, -0.1) is 6.58 Å². The molecule has 0 amide bonds. The average molecular weight is 397 g/mol. The molecule has 2 bridgehead atoms. The van der Waals surface area contributed by atoms with Gasteiger partial charge >= 0.3 is 4.87 Å². The highest BCUT2D eigenvalue weighted by molar-refractivity contribution is 7.16. The quantitative estimate of drug-likeness (QED) is 0.270. The van der Waals surface area contributed by atoms with Gasteiger partial charge in [0.05, 0.1) is 10.2 Å². The van der Waals surface area contributed by atoms with Crippen molar-refractivity contribution in [2.75, 3.05) is 0 Å². The standard InChI is InChI=1S/C22H23NO4S/c1-3-4-5-10-23-18-12(2)15(8-9-16(18)28-22(23)27)21(26)17-19(24)13-6-7-14(11-13)20(17)25/h3,8-9,13-14,26H,1,4-7,10-11H2,2H3. The van der Waals surface area contributed by atoms with Crippen molar-refractivity contribution in [1.29, 1.82) is 0 Å². The van der Waals surface area contributed by atoms with Crippen LogP contribution in [0.1, 0.15) is 43.2 Å². The Labute approximate surface area is 167 Å². The summed E-state index contributed by atoms with van der Waals surface area (Å²) < 4.78 is 2.55. The van der Waals surface area contributed by atoms with Crippen molar-refractivity contribution in [3.8, 4) is 0 Å². The van der Waals surface area contributed by atoms with Crippen LogP contribution in [0.2, 0.25) is 0 Å². The molecule has 1 aromatic carbocycles. The van der Waals surface area contributed by atoms with Gasteiger partial charge in [0.2, 0.25) is 0 Å². The molecule has 4 rings (SSSR count). The number of thiazole rings is 1. The second-order valence-corrected chi connectivity index (χ2v) is 8.69. The van der Waals surface area contributed by atoms with Crippen molar-refractivity contribution in [2.24, 2.45) is 11.8 Å². The predicted molar refractivity (Wildman–Crippen MR) is 111 cm³/mol. The number of aromatic nitrogens is 1. The van der Waals surface area contributed by atoms with Gasteiger partial charge in [-0.05, 0) is 56.7 Å². The predicted octanol–water partition coefficient (Wildman–Crippen LogP) is 4.17. The minimum absolute atomic E-state index is 0.0445. The van der Waals surface area contributed by atoms with Gasteiger partial charge < -0.3 is 5.11 Å². The van der Waals surface area contributed by atoms with Gasteiger partial charge in [0.1, 0.15) is 11.3 Å². The van der Waals surface area contributed by atoms with Crippen LogP contribution in [0.15, 0.2) is 35.2 Å². The fourth-order valence-electron chi connectivity index (χ4n) is 4.54. The molecule has 146 valence electrons. The van der Waals surface area contributed by atoms with Crippen molar-refractivity contribution in [3.05, 3.63) is 51.2 Å². The molecule has 2 saturated carbocycles. The van der Waals surface area contributed by atoms with E-state index < -0.39 is 0 Å². The first-order valence-corrected chi connectivity index (χ1v) is 10.5. The SMILES string of the molecule is C=CCCCn1c(=O)sc2ccc(C(O)=C3C(=O)C4CCC(C4)C3=O)c(C)c21. The highest BCUT2D eigenvalue weighted by atomic mass is 32.1. The van der Waals surface area contributed by atoms with Crippen LogP contribution < -0.4 is 4.87 Å². The van der Waals surface area contributed by atoms with Crippen LogP contribution >= 0.6 is 11.3 Å². The number of rotatable bonds is 5. The zero-order valence-corrected chi connectivity index (χ0v) is 16.7. The first kappa shape index (κ1) is 18.9. The number of Topliss-reactive ketones (excluding diaryl/α,β-unsaturated/α-hetero) is 2. The van der Waals surface area contributed by atoms with E-state index in [-0.39, 0.29) is 39.6 Å². The molecule has 2 fully saturated rings. The normalized spacial score (nSPS) is 21.5. The molecular weight excluding hydrogens is 374 g/mol. The van der Waals surface area contributed by atoms with Crippen LogP contribution in [-0.4, -0.2) is 21.2 Å². The molecule has 0 radical (unpaired) electrons. The number of carbonyl (C=O) groups is 2. The molecule has 5 nitrogen and oxygen atoms in total. The Balaban J connectivity index is 1.85. The molecule has 1 aromatic heterocycles. The van der Waals surface area contributed by atoms with Crippen LogP contribution in [0.5, 0.6) is 0 Å². The van der Waals surface area contributed by atoms with Gasteiger partial charge in [-0.25, -0.2) is 0 Å². The van der Waals surface area contributed by atoms with E-state index in [1.54, 1.807) is 16.7 Å². The fourth-order valence-corrected chi connectivity index (χ4v) is 5.52. The van der Waals surface area contributed by atoms with Crippen LogP contribution in [0.3, 0.4) is 0 Å². The first-order chi connectivity index (χ1) is 13.4. The number of aliphatic hydroxyl groups excluding tert-OH is 1. The average Bonchev–Trinajstić information content (AvgIpc) is 3.24. The number of allylic oxidation sites excluding steroid dienone is 2. The van der Waals surface area contributed by atoms with E-state index in [0.717, 1.165) is 41.5 Å². The Morgan fingerprint density at radius 3 is 2.57 bits per heavy atom. The summed E-state index contributed by atoms with van der Waals surface area (Å²) in [5.41, 5.74) is 1.90. The Morgan fingerprint density at radius 2 is 1.93 bits per heavy atom. The molecule has 2 aromatic rings. The molecule has 0 spiro atoms. The number of hydrogen-bond donors (Lipinski definition) is 1. The lowest BCUT2D eigenvalue weighted by atomic mass is 9.81. The first-order valence-electron chi connectivity index (χ1n) is 9.70. The van der Waals surface area contributed by atoms with E-state index in [0.29, 0.717) is 18.5 Å². The molecule has 2 atom stereocenters. The van der Waals surface area contributed by atoms with E-state index in [1.807, 2.05) is 13.0 Å². The van der Waals surface area contributed by atoms with E-state index in [9.17, 15) is 19.5 Å². The summed E-state index contributed by atoms with van der Waals surface area (Å²) in [4.78, 5) is 37.8. The molecule has 1 heterocycles. The van der Waals surface area contributed by atoms with Crippen molar-refractivity contribution in [2.45, 2.75) is 45.6 Å². The Kier molecular flexibility index (Phi) is 4.83. The summed E-state index contributed by atoms with van der Waals surface area (Å²) in [6.07, 6.45) is 5.48. The molecule has 6 heteroatoms. The zero-order valence-electron chi connectivity index (χ0n) is 15.9. The van der Waals surface area contributed by atoms with Gasteiger partial charge in [-0.3, -0.25) is 19.0 Å². The molecule has 0 saturated heterocycles. The molecule has 2 aliphatic rings. The van der Waals surface area contributed by atoms with Crippen molar-refractivity contribution in [3.63, 3.8) is 0 Å². The second-order valence-electron chi connectivity index (χ2n) is 7.69. The number of benzene rings is 1. The van der Waals surface area contributed by atoms with Crippen LogP contribution in [0, 0.1) is 18.8 Å². The molecule has 1 N–H and O–H groups in total. The lowest BCUT2D eigenvalue weighted by molar-refractivity contribution is -0.127. The minimum Gasteiger partial charge on any atom is -0.506 e. The maximum Gasteiger partial charge on any atom is 0.308 e. The summed E-state index contributed by atoms with van der Waals surface area (Å²) in [7, 11) is 0. The molecule has 2 unspecified atom stereocenters. The topological polar surface area (TPSA) is 76.4 Å². The van der Waals surface area contributed by atoms with Gasteiger partial charge in [0.25, 0.3) is 0 Å². The number of nitrogens with zero attached hydrogens (tertiary/aromatic N) is 1. The Bertz CT molecular complexity index is 1060. The molecule has 0 aliphatic heterocycles. The maximum absolute atomic E-state index is 12.7. The van der Waals surface area contributed by atoms with Gasteiger partial charge in [0, 0.05) is 23.9 Å². The van der Waals surface area contributed by atoms with E-state index in [1.165, 1.54) is 11.3 Å². The maximum atomic E-state index is 12.7. The molecule has 2 aliphatic carbocycles. The van der Waals surface area contributed by atoms with E-state index in [2.05, 4.69) is 6.58 Å². The fraction of sp³-hybridized carbons (Fsp3) is 0.409. The Hall–Kier alpha value is -2.47. The lowest BCUT2D eigenvalue weighted by Gasteiger charge is -2.21. The number of aliphatic hydroxyl groups is 1. The summed E-state index contributed by atoms with van der Waals surface area (Å²) in [6.45, 7) is 6.11. The number of ketones is 2. The monoisotopic (exact) mass is 397 g/mol. The third-order valence-electron chi connectivity index (χ3n) is 6.03. The number of unbranched alkanes of at least 4 members (excludes halogenated alkanes) is 1. The van der Waals surface area contributed by atoms with Crippen molar-refractivity contribution < 1.29 is 14.7 Å². The van der Waals surface area contributed by atoms with Gasteiger partial charge in [-0.1, -0.05) is 17.4 Å². The van der Waals surface area contributed by atoms with Crippen LogP contribution in [-0.2, 0) is 16.1 Å². The number of carbonyl (C=O) groups excluding carboxylic acids is 2. The van der Waals surface area contributed by atoms with E-state index in [4.69, 9.17) is 0 Å². The van der Waals surface area contributed by atoms with E-state index >= 15 is 0 Å². The highest BCUT2D eigenvalue weighted by Gasteiger charge is 2.45. The largest absolute Gasteiger partial charge is 0.506 e. The Morgan fingerprint density at radius 1 is 1.25 bits per heavy atom. The van der Waals surface area contributed by atoms with Gasteiger partial charge in [0.15, 0.2) is 11.6 Å². The minimum atomic E-state index is -0.234. The summed E-state index contributed by atoms with van der Waals surface area (Å²) in [5, 5.41) is 10.9. The van der Waals surface area contributed by atoms with Crippen LogP contribution in [0.25, 0.3) is 16.0 Å². The zero-order chi connectivity index (χ0) is 20.0. The third kappa shape index (κ3) is 2.87. The van der Waals surface area contributed by atoms with Crippen LogP contribution in [0.4, 0.5) is 0 Å². The summed E-state index contributed by atoms with van der Waals surface area (Å²) in [5.74, 6) is -1.000. The van der Waals surface area contributed by atoms with Crippen molar-refractivity contribution >= 4 is 38.9 Å². The summed E-state index contributed by atoms with van der Waals surface area (Å²) in [6, 6.07) is 3.50. The second kappa shape index (κ2) is 7.17. The number of fused-ring (bicyclic) bond motifs is 3. The number of aryl methyl sites for hydroxylation is 2. The smallest absolute Gasteiger partial charge is 0.308 e. The molecular formula is C22H23NO4S. The summed E-state index contributed by atoms with van der Waals surface area (Å²) >= 11 is 1.17. The highest BCUT2D eigenvalue weighted by Crippen LogP contribution is 2.42. The third-order valence-corrected chi connectivity index (χ3v) is 6.97. The lowest BCUT2D eigenvalue weighted by Crippen LogP contribution is -2.30. The number of hydrogen-bond acceptors (Lipinski definition) is 5. The molecule has 28 heavy (non-hydrogen) atoms. The van der Waals surface area contributed by atoms with Crippen molar-refractivity contribution in [1.82, 2.24) is 4.57 Å². The van der Waals surface area contributed by atoms with Gasteiger partial charge in [-0.2, -0.15) is 0 Å².